The Morgan fingerprint density at radius 1 is 1.47 bits per heavy atom. The third kappa shape index (κ3) is 3.51. The molecule has 0 aliphatic heterocycles. The summed E-state index contributed by atoms with van der Waals surface area (Å²) in [6, 6.07) is 0. The van der Waals surface area contributed by atoms with Gasteiger partial charge in [-0.05, 0) is 42.4 Å². The van der Waals surface area contributed by atoms with E-state index in [1.807, 2.05) is 0 Å². The highest BCUT2D eigenvalue weighted by molar-refractivity contribution is 5.74. The van der Waals surface area contributed by atoms with Crippen LogP contribution in [-0.4, -0.2) is 5.91 Å². The van der Waals surface area contributed by atoms with Crippen LogP contribution in [0.5, 0.6) is 0 Å². The number of carbonyl (C=O) groups is 1. The number of amides is 1. The predicted molar refractivity (Wildman–Crippen MR) is 63.3 cm³/mol. The average Bonchev–Trinajstić information content (AvgIpc) is 1.99. The van der Waals surface area contributed by atoms with Gasteiger partial charge < -0.3 is 5.73 Å². The van der Waals surface area contributed by atoms with E-state index < -0.39 is 0 Å². The van der Waals surface area contributed by atoms with Crippen molar-refractivity contribution in [1.82, 2.24) is 0 Å². The van der Waals surface area contributed by atoms with E-state index in [1.165, 1.54) is 12.8 Å². The second-order valence-electron chi connectivity index (χ2n) is 6.25. The third-order valence-corrected chi connectivity index (χ3v) is 3.89. The highest BCUT2D eigenvalue weighted by Gasteiger charge is 2.36. The quantitative estimate of drug-likeness (QED) is 0.766. The molecule has 1 saturated carbocycles. The van der Waals surface area contributed by atoms with E-state index in [0.717, 1.165) is 6.42 Å². The number of nitrogens with two attached hydrogens (primary N) is 1. The second kappa shape index (κ2) is 4.54. The van der Waals surface area contributed by atoms with Crippen molar-refractivity contribution < 1.29 is 4.79 Å². The molecule has 0 saturated heterocycles. The van der Waals surface area contributed by atoms with Gasteiger partial charge in [0.15, 0.2) is 0 Å². The van der Waals surface area contributed by atoms with E-state index in [4.69, 9.17) is 5.73 Å². The van der Waals surface area contributed by atoms with E-state index in [1.54, 1.807) is 0 Å². The van der Waals surface area contributed by atoms with E-state index in [2.05, 4.69) is 27.7 Å². The first-order valence-corrected chi connectivity index (χ1v) is 6.10. The van der Waals surface area contributed by atoms with Crippen molar-refractivity contribution in [2.75, 3.05) is 0 Å². The summed E-state index contributed by atoms with van der Waals surface area (Å²) in [4.78, 5) is 11.1. The molecule has 15 heavy (non-hydrogen) atoms. The highest BCUT2D eigenvalue weighted by atomic mass is 16.1. The normalized spacial score (nSPS) is 30.5. The predicted octanol–water partition coefficient (Wildman–Crippen LogP) is 2.96. The Hall–Kier alpha value is -0.530. The van der Waals surface area contributed by atoms with Crippen molar-refractivity contribution in [3.63, 3.8) is 0 Å². The summed E-state index contributed by atoms with van der Waals surface area (Å²) in [5.41, 5.74) is 5.73. The van der Waals surface area contributed by atoms with Crippen molar-refractivity contribution >= 4 is 5.91 Å². The molecule has 1 fully saturated rings. The zero-order chi connectivity index (χ0) is 11.6. The zero-order valence-corrected chi connectivity index (χ0v) is 10.5. The van der Waals surface area contributed by atoms with Crippen LogP contribution in [0.3, 0.4) is 0 Å². The zero-order valence-electron chi connectivity index (χ0n) is 10.5. The van der Waals surface area contributed by atoms with Crippen LogP contribution in [0.15, 0.2) is 0 Å². The topological polar surface area (TPSA) is 43.1 Å². The molecule has 1 aliphatic carbocycles. The van der Waals surface area contributed by atoms with Gasteiger partial charge in [0.1, 0.15) is 0 Å². The summed E-state index contributed by atoms with van der Waals surface area (Å²) < 4.78 is 0. The molecular formula is C13H25NO. The Balaban J connectivity index is 2.69. The minimum Gasteiger partial charge on any atom is -0.370 e. The standard InChI is InChI=1S/C13H25NO/c1-9(2)11-5-6-13(3,4)8-10(11)7-12(14)15/h9-11H,5-8H2,1-4H3,(H2,14,15). The monoisotopic (exact) mass is 211 g/mol. The lowest BCUT2D eigenvalue weighted by Crippen LogP contribution is -2.35. The number of hydrogen-bond donors (Lipinski definition) is 1. The Bertz CT molecular complexity index is 233. The van der Waals surface area contributed by atoms with Crippen molar-refractivity contribution in [2.45, 2.75) is 53.4 Å². The Kier molecular flexibility index (Phi) is 3.80. The Labute approximate surface area is 93.6 Å². The summed E-state index contributed by atoms with van der Waals surface area (Å²) in [6.07, 6.45) is 4.26. The first-order chi connectivity index (χ1) is 6.82. The number of rotatable bonds is 3. The van der Waals surface area contributed by atoms with Crippen LogP contribution < -0.4 is 5.73 Å². The van der Waals surface area contributed by atoms with Crippen molar-refractivity contribution in [3.05, 3.63) is 0 Å². The average molecular weight is 211 g/mol. The fourth-order valence-corrected chi connectivity index (χ4v) is 3.12. The first-order valence-electron chi connectivity index (χ1n) is 6.10. The molecule has 2 N–H and O–H groups in total. The van der Waals surface area contributed by atoms with Crippen LogP contribution in [0.25, 0.3) is 0 Å². The molecule has 2 nitrogen and oxygen atoms in total. The first kappa shape index (κ1) is 12.5. The van der Waals surface area contributed by atoms with E-state index in [9.17, 15) is 4.79 Å². The molecule has 2 atom stereocenters. The van der Waals surface area contributed by atoms with E-state index in [-0.39, 0.29) is 5.91 Å². The molecule has 1 aliphatic rings. The van der Waals surface area contributed by atoms with Gasteiger partial charge in [-0.1, -0.05) is 27.7 Å². The van der Waals surface area contributed by atoms with Crippen LogP contribution in [0.1, 0.15) is 53.4 Å². The molecule has 0 radical (unpaired) electrons. The maximum absolute atomic E-state index is 11.1. The van der Waals surface area contributed by atoms with Crippen LogP contribution in [0.4, 0.5) is 0 Å². The lowest BCUT2D eigenvalue weighted by molar-refractivity contribution is -0.120. The molecule has 1 rings (SSSR count). The van der Waals surface area contributed by atoms with Gasteiger partial charge in [0.25, 0.3) is 0 Å². The van der Waals surface area contributed by atoms with Crippen molar-refractivity contribution in [1.29, 1.82) is 0 Å². The molecule has 0 heterocycles. The summed E-state index contributed by atoms with van der Waals surface area (Å²) in [6.45, 7) is 9.13. The van der Waals surface area contributed by atoms with Crippen LogP contribution in [-0.2, 0) is 4.79 Å². The van der Waals surface area contributed by atoms with Crippen LogP contribution >= 0.6 is 0 Å². The molecule has 0 aromatic rings. The largest absolute Gasteiger partial charge is 0.370 e. The SMILES string of the molecule is CC(C)C1CCC(C)(C)CC1CC(N)=O. The number of hydrogen-bond acceptors (Lipinski definition) is 1. The van der Waals surface area contributed by atoms with Gasteiger partial charge in [-0.2, -0.15) is 0 Å². The van der Waals surface area contributed by atoms with Gasteiger partial charge in [-0.15, -0.1) is 0 Å². The molecule has 2 unspecified atom stereocenters. The van der Waals surface area contributed by atoms with E-state index in [0.29, 0.717) is 29.6 Å². The maximum atomic E-state index is 11.1. The summed E-state index contributed by atoms with van der Waals surface area (Å²) in [5, 5.41) is 0. The van der Waals surface area contributed by atoms with Gasteiger partial charge >= 0.3 is 0 Å². The summed E-state index contributed by atoms with van der Waals surface area (Å²) >= 11 is 0. The number of carbonyl (C=O) groups excluding carboxylic acids is 1. The lowest BCUT2D eigenvalue weighted by Gasteiger charge is -2.42. The highest BCUT2D eigenvalue weighted by Crippen LogP contribution is 2.45. The van der Waals surface area contributed by atoms with Gasteiger partial charge in [0.05, 0.1) is 0 Å². The Morgan fingerprint density at radius 3 is 2.53 bits per heavy atom. The third-order valence-electron chi connectivity index (χ3n) is 3.89. The van der Waals surface area contributed by atoms with Gasteiger partial charge in [-0.25, -0.2) is 0 Å². The van der Waals surface area contributed by atoms with Crippen LogP contribution in [0, 0.1) is 23.2 Å². The molecule has 0 spiro atoms. The van der Waals surface area contributed by atoms with Gasteiger partial charge in [0.2, 0.25) is 5.91 Å². The summed E-state index contributed by atoms with van der Waals surface area (Å²) in [7, 11) is 0. The molecule has 2 heteroatoms. The maximum Gasteiger partial charge on any atom is 0.217 e. The molecule has 88 valence electrons. The molecule has 0 bridgehead atoms. The fraction of sp³-hybridized carbons (Fsp3) is 0.923. The summed E-state index contributed by atoms with van der Waals surface area (Å²) in [5.74, 6) is 1.73. The molecule has 0 aromatic heterocycles. The lowest BCUT2D eigenvalue weighted by atomic mass is 9.63. The van der Waals surface area contributed by atoms with Gasteiger partial charge in [-0.3, -0.25) is 4.79 Å². The molecule has 1 amide bonds. The van der Waals surface area contributed by atoms with E-state index >= 15 is 0 Å². The van der Waals surface area contributed by atoms with Crippen molar-refractivity contribution in [3.8, 4) is 0 Å². The van der Waals surface area contributed by atoms with Crippen LogP contribution in [0.2, 0.25) is 0 Å². The van der Waals surface area contributed by atoms with Crippen molar-refractivity contribution in [2.24, 2.45) is 28.9 Å². The second-order valence-corrected chi connectivity index (χ2v) is 6.25. The fourth-order valence-electron chi connectivity index (χ4n) is 3.12. The van der Waals surface area contributed by atoms with Gasteiger partial charge in [0, 0.05) is 6.42 Å². The number of primary amides is 1. The minimum absolute atomic E-state index is 0.136. The molecule has 0 aromatic carbocycles. The smallest absolute Gasteiger partial charge is 0.217 e. The molecular weight excluding hydrogens is 186 g/mol. The minimum atomic E-state index is -0.136. The Morgan fingerprint density at radius 2 is 2.07 bits per heavy atom.